The Hall–Kier alpha value is -1.30. The molecule has 0 radical (unpaired) electrons. The zero-order valence-electron chi connectivity index (χ0n) is 13.0. The van der Waals surface area contributed by atoms with Crippen molar-refractivity contribution in [1.29, 1.82) is 0 Å². The number of pyridine rings is 1. The highest BCUT2D eigenvalue weighted by atomic mass is 19.4. The van der Waals surface area contributed by atoms with Gasteiger partial charge in [-0.15, -0.1) is 0 Å². The average Bonchev–Trinajstić information content (AvgIpc) is 2.31. The van der Waals surface area contributed by atoms with Gasteiger partial charge in [-0.25, -0.2) is 4.98 Å². The molecule has 0 fully saturated rings. The number of aromatic nitrogens is 1. The maximum Gasteiger partial charge on any atom is 0.389 e. The summed E-state index contributed by atoms with van der Waals surface area (Å²) in [5, 5.41) is 3.28. The Labute approximate surface area is 123 Å². The number of nitrogens with zero attached hydrogens (tertiary/aromatic N) is 1. The molecule has 0 aromatic carbocycles. The highest BCUT2D eigenvalue weighted by Crippen LogP contribution is 2.24. The lowest BCUT2D eigenvalue weighted by Crippen LogP contribution is -2.23. The van der Waals surface area contributed by atoms with Crippen LogP contribution in [0, 0.1) is 13.8 Å². The van der Waals surface area contributed by atoms with Crippen LogP contribution < -0.4 is 10.1 Å². The first-order valence-corrected chi connectivity index (χ1v) is 7.09. The third-order valence-corrected chi connectivity index (χ3v) is 2.97. The molecule has 1 N–H and O–H groups in total. The van der Waals surface area contributed by atoms with Gasteiger partial charge in [-0.3, -0.25) is 0 Å². The molecular weight excluding hydrogens is 281 g/mol. The summed E-state index contributed by atoms with van der Waals surface area (Å²) < 4.78 is 41.8. The van der Waals surface area contributed by atoms with E-state index < -0.39 is 12.6 Å². The number of nitrogens with one attached hydrogen (secondary N) is 1. The summed E-state index contributed by atoms with van der Waals surface area (Å²) in [6, 6.07) is 2.25. The molecule has 0 saturated heterocycles. The highest BCUT2D eigenvalue weighted by Gasteiger charge is 2.26. The van der Waals surface area contributed by atoms with E-state index in [-0.39, 0.29) is 13.0 Å². The molecular formula is C15H23F3N2O. The van der Waals surface area contributed by atoms with Crippen LogP contribution in [0.5, 0.6) is 5.88 Å². The fraction of sp³-hybridized carbons (Fsp3) is 0.667. The number of rotatable bonds is 7. The quantitative estimate of drug-likeness (QED) is 0.775. The predicted octanol–water partition coefficient (Wildman–Crippen LogP) is 3.92. The first-order valence-electron chi connectivity index (χ1n) is 7.09. The van der Waals surface area contributed by atoms with Crippen molar-refractivity contribution in [3.63, 3.8) is 0 Å². The van der Waals surface area contributed by atoms with Crippen LogP contribution in [-0.4, -0.2) is 23.8 Å². The van der Waals surface area contributed by atoms with Crippen molar-refractivity contribution >= 4 is 0 Å². The number of aryl methyl sites for hydroxylation is 2. The van der Waals surface area contributed by atoms with E-state index in [0.29, 0.717) is 18.5 Å². The zero-order valence-corrected chi connectivity index (χ0v) is 13.0. The second-order valence-electron chi connectivity index (χ2n) is 5.47. The molecule has 120 valence electrons. The van der Waals surface area contributed by atoms with Gasteiger partial charge in [0.05, 0.1) is 6.61 Å². The van der Waals surface area contributed by atoms with E-state index in [2.05, 4.69) is 10.3 Å². The standard InChI is InChI=1S/C15H23F3N2O/c1-10(2)19-9-13-11(3)8-12(4)20-14(13)21-7-5-6-15(16,17)18/h8,10,19H,5-7,9H2,1-4H3. The molecule has 1 rings (SSSR count). The Morgan fingerprint density at radius 2 is 1.95 bits per heavy atom. The second kappa shape index (κ2) is 7.64. The molecule has 0 unspecified atom stereocenters. The number of halogens is 3. The molecule has 0 bridgehead atoms. The van der Waals surface area contributed by atoms with Gasteiger partial charge < -0.3 is 10.1 Å². The number of hydrogen-bond acceptors (Lipinski definition) is 3. The topological polar surface area (TPSA) is 34.1 Å². The van der Waals surface area contributed by atoms with Crippen LogP contribution in [0.4, 0.5) is 13.2 Å². The lowest BCUT2D eigenvalue weighted by Gasteiger charge is -2.16. The lowest BCUT2D eigenvalue weighted by molar-refractivity contribution is -0.136. The van der Waals surface area contributed by atoms with E-state index in [1.165, 1.54) is 0 Å². The smallest absolute Gasteiger partial charge is 0.389 e. The first-order chi connectivity index (χ1) is 9.69. The van der Waals surface area contributed by atoms with Gasteiger partial charge in [0.1, 0.15) is 0 Å². The van der Waals surface area contributed by atoms with Crippen LogP contribution in [0.2, 0.25) is 0 Å². The summed E-state index contributed by atoms with van der Waals surface area (Å²) in [6.07, 6.45) is -5.03. The average molecular weight is 304 g/mol. The van der Waals surface area contributed by atoms with Gasteiger partial charge in [0.2, 0.25) is 5.88 Å². The fourth-order valence-corrected chi connectivity index (χ4v) is 1.91. The number of alkyl halides is 3. The minimum absolute atomic E-state index is 0.0179. The first kappa shape index (κ1) is 17.8. The Kier molecular flexibility index (Phi) is 6.45. The van der Waals surface area contributed by atoms with E-state index >= 15 is 0 Å². The SMILES string of the molecule is Cc1cc(C)c(CNC(C)C)c(OCCCC(F)(F)F)n1. The van der Waals surface area contributed by atoms with Gasteiger partial charge in [-0.1, -0.05) is 13.8 Å². The van der Waals surface area contributed by atoms with Crippen molar-refractivity contribution in [3.8, 4) is 5.88 Å². The summed E-state index contributed by atoms with van der Waals surface area (Å²) >= 11 is 0. The summed E-state index contributed by atoms with van der Waals surface area (Å²) in [7, 11) is 0. The summed E-state index contributed by atoms with van der Waals surface area (Å²) in [6.45, 7) is 8.46. The van der Waals surface area contributed by atoms with Gasteiger partial charge in [0.25, 0.3) is 0 Å². The van der Waals surface area contributed by atoms with Crippen molar-refractivity contribution in [2.45, 2.75) is 59.3 Å². The van der Waals surface area contributed by atoms with Crippen LogP contribution in [0.1, 0.15) is 43.5 Å². The van der Waals surface area contributed by atoms with Crippen molar-refractivity contribution in [1.82, 2.24) is 10.3 Å². The highest BCUT2D eigenvalue weighted by molar-refractivity contribution is 5.35. The minimum atomic E-state index is -4.14. The molecule has 6 heteroatoms. The minimum Gasteiger partial charge on any atom is -0.477 e. The molecule has 0 aliphatic carbocycles. The van der Waals surface area contributed by atoms with E-state index in [0.717, 1.165) is 16.8 Å². The third-order valence-electron chi connectivity index (χ3n) is 2.97. The van der Waals surface area contributed by atoms with Gasteiger partial charge in [0, 0.05) is 30.3 Å². The molecule has 21 heavy (non-hydrogen) atoms. The molecule has 0 spiro atoms. The Balaban J connectivity index is 2.70. The summed E-state index contributed by atoms with van der Waals surface area (Å²) in [5.41, 5.74) is 2.73. The molecule has 0 amide bonds. The Bertz CT molecular complexity index is 459. The molecule has 3 nitrogen and oxygen atoms in total. The molecule has 0 aliphatic heterocycles. The fourth-order valence-electron chi connectivity index (χ4n) is 1.91. The van der Waals surface area contributed by atoms with Crippen molar-refractivity contribution < 1.29 is 17.9 Å². The van der Waals surface area contributed by atoms with Gasteiger partial charge >= 0.3 is 6.18 Å². The van der Waals surface area contributed by atoms with Crippen LogP contribution in [0.15, 0.2) is 6.07 Å². The summed E-state index contributed by atoms with van der Waals surface area (Å²) in [4.78, 5) is 4.30. The van der Waals surface area contributed by atoms with E-state index in [1.54, 1.807) is 0 Å². The second-order valence-corrected chi connectivity index (χ2v) is 5.47. The molecule has 1 aromatic rings. The predicted molar refractivity (Wildman–Crippen MR) is 76.5 cm³/mol. The number of ether oxygens (including phenoxy) is 1. The van der Waals surface area contributed by atoms with Crippen LogP contribution in [-0.2, 0) is 6.54 Å². The largest absolute Gasteiger partial charge is 0.477 e. The van der Waals surface area contributed by atoms with Crippen molar-refractivity contribution in [2.24, 2.45) is 0 Å². The molecule has 1 aromatic heterocycles. The molecule has 0 aliphatic rings. The normalized spacial score (nSPS) is 12.0. The van der Waals surface area contributed by atoms with Gasteiger partial charge in [0.15, 0.2) is 0 Å². The van der Waals surface area contributed by atoms with E-state index in [1.807, 2.05) is 33.8 Å². The van der Waals surface area contributed by atoms with Gasteiger partial charge in [-0.2, -0.15) is 13.2 Å². The molecule has 0 atom stereocenters. The van der Waals surface area contributed by atoms with E-state index in [9.17, 15) is 13.2 Å². The summed E-state index contributed by atoms with van der Waals surface area (Å²) in [5.74, 6) is 0.433. The lowest BCUT2D eigenvalue weighted by atomic mass is 10.1. The van der Waals surface area contributed by atoms with Crippen LogP contribution in [0.25, 0.3) is 0 Å². The third kappa shape index (κ3) is 6.80. The van der Waals surface area contributed by atoms with Crippen LogP contribution >= 0.6 is 0 Å². The van der Waals surface area contributed by atoms with Crippen molar-refractivity contribution in [3.05, 3.63) is 22.9 Å². The maximum absolute atomic E-state index is 12.1. The zero-order chi connectivity index (χ0) is 16.0. The number of hydrogen-bond donors (Lipinski definition) is 1. The van der Waals surface area contributed by atoms with Gasteiger partial charge in [-0.05, 0) is 31.9 Å². The Morgan fingerprint density at radius 1 is 1.29 bits per heavy atom. The molecule has 1 heterocycles. The van der Waals surface area contributed by atoms with E-state index in [4.69, 9.17) is 4.74 Å². The molecule has 0 saturated carbocycles. The Morgan fingerprint density at radius 3 is 2.52 bits per heavy atom. The van der Waals surface area contributed by atoms with Crippen molar-refractivity contribution in [2.75, 3.05) is 6.61 Å². The maximum atomic E-state index is 12.1. The monoisotopic (exact) mass is 304 g/mol. The van der Waals surface area contributed by atoms with Crippen LogP contribution in [0.3, 0.4) is 0 Å².